The second-order valence-corrected chi connectivity index (χ2v) is 16.5. The quantitative estimate of drug-likeness (QED) is 0.0861. The van der Waals surface area contributed by atoms with Gasteiger partial charge in [0.1, 0.15) is 23.4 Å². The monoisotopic (exact) mass is 808 g/mol. The van der Waals surface area contributed by atoms with Gasteiger partial charge in [0.05, 0.1) is 46.9 Å². The highest BCUT2D eigenvalue weighted by Gasteiger charge is 2.50. The van der Waals surface area contributed by atoms with Gasteiger partial charge in [0.15, 0.2) is 5.75 Å². The normalized spacial score (nSPS) is 31.6. The van der Waals surface area contributed by atoms with E-state index < -0.39 is 70.8 Å². The number of esters is 1. The van der Waals surface area contributed by atoms with E-state index in [2.05, 4.69) is 15.3 Å². The van der Waals surface area contributed by atoms with Crippen molar-refractivity contribution in [2.24, 2.45) is 34.7 Å². The fraction of sp³-hybridized carbons (Fsp3) is 0.581. The van der Waals surface area contributed by atoms with Crippen molar-refractivity contribution in [3.8, 4) is 23.0 Å². The lowest BCUT2D eigenvalue weighted by molar-refractivity contribution is -0.155. The van der Waals surface area contributed by atoms with E-state index in [9.17, 15) is 34.8 Å². The largest absolute Gasteiger partial charge is 0.507 e. The van der Waals surface area contributed by atoms with Crippen molar-refractivity contribution < 1.29 is 53.8 Å². The first kappa shape index (κ1) is 44.2. The van der Waals surface area contributed by atoms with Crippen molar-refractivity contribution in [3.05, 3.63) is 41.2 Å². The molecule has 15 nitrogen and oxygen atoms in total. The summed E-state index contributed by atoms with van der Waals surface area (Å²) >= 11 is 0. The van der Waals surface area contributed by atoms with Gasteiger partial charge in [-0.3, -0.25) is 19.4 Å². The number of fused-ring (bicyclic) bond motifs is 15. The van der Waals surface area contributed by atoms with E-state index in [1.54, 1.807) is 18.0 Å². The van der Waals surface area contributed by atoms with E-state index in [4.69, 9.17) is 18.9 Å². The number of carbonyl (C=O) groups is 3. The molecule has 4 aliphatic rings. The second-order valence-electron chi connectivity index (χ2n) is 16.5. The van der Waals surface area contributed by atoms with Crippen LogP contribution in [0.25, 0.3) is 10.8 Å². The van der Waals surface area contributed by atoms with Crippen LogP contribution >= 0.6 is 0 Å². The Hall–Kier alpha value is -4.86. The maximum absolute atomic E-state index is 14.4. The van der Waals surface area contributed by atoms with E-state index >= 15 is 0 Å². The van der Waals surface area contributed by atoms with E-state index in [1.807, 2.05) is 46.9 Å². The predicted octanol–water partition coefficient (Wildman–Crippen LogP) is 5.44. The zero-order valence-corrected chi connectivity index (χ0v) is 35.2. The first-order chi connectivity index (χ1) is 27.3. The number of hydrazone groups is 1. The van der Waals surface area contributed by atoms with Gasteiger partial charge in [0.25, 0.3) is 5.78 Å². The Morgan fingerprint density at radius 1 is 1.00 bits per heavy atom. The molecule has 4 heterocycles. The Morgan fingerprint density at radius 2 is 1.67 bits per heavy atom. The van der Waals surface area contributed by atoms with Gasteiger partial charge < -0.3 is 49.6 Å². The molecule has 1 unspecified atom stereocenters. The van der Waals surface area contributed by atoms with E-state index in [-0.39, 0.29) is 63.1 Å². The van der Waals surface area contributed by atoms with Crippen LogP contribution < -0.4 is 10.1 Å². The van der Waals surface area contributed by atoms with Gasteiger partial charge in [-0.2, -0.15) is 5.10 Å². The number of ether oxygens (including phenoxy) is 4. The molecule has 5 bridgehead atoms. The highest BCUT2D eigenvalue weighted by Crippen LogP contribution is 2.55. The number of ketones is 1. The highest BCUT2D eigenvalue weighted by atomic mass is 16.7. The van der Waals surface area contributed by atoms with Crippen molar-refractivity contribution in [2.45, 2.75) is 92.3 Å². The number of likely N-dealkylation sites (N-methyl/N-ethyl adjacent to an activating group) is 1. The van der Waals surface area contributed by atoms with Crippen LogP contribution in [-0.4, -0.2) is 119 Å². The maximum atomic E-state index is 14.4. The molecule has 0 spiro atoms. The topological polar surface area (TPSA) is 200 Å². The van der Waals surface area contributed by atoms with Crippen LogP contribution in [0.15, 0.2) is 29.6 Å². The molecule has 1 saturated heterocycles. The number of piperazine rings is 1. The molecule has 0 saturated carbocycles. The van der Waals surface area contributed by atoms with E-state index in [0.717, 1.165) is 13.1 Å². The Balaban J connectivity index is 1.67. The fourth-order valence-electron chi connectivity index (χ4n) is 8.18. The number of aliphatic hydroxyl groups is 1. The molecule has 9 atom stereocenters. The number of nitrogens with one attached hydrogen (secondary N) is 1. The summed E-state index contributed by atoms with van der Waals surface area (Å²) in [7, 11) is 3.50. The van der Waals surface area contributed by atoms with Gasteiger partial charge in [-0.1, -0.05) is 46.8 Å². The number of aliphatic hydroxyl groups excluding tert-OH is 1. The predicted molar refractivity (Wildman–Crippen MR) is 219 cm³/mol. The van der Waals surface area contributed by atoms with Gasteiger partial charge in [0, 0.05) is 75.8 Å². The molecule has 2 aromatic carbocycles. The number of allylic oxidation sites excluding steroid dienone is 1. The smallest absolute Gasteiger partial charge is 0.312 e. The van der Waals surface area contributed by atoms with Crippen molar-refractivity contribution in [3.63, 3.8) is 0 Å². The van der Waals surface area contributed by atoms with Crippen LogP contribution in [0, 0.1) is 36.5 Å². The van der Waals surface area contributed by atoms with Crippen molar-refractivity contribution in [1.82, 2.24) is 9.91 Å². The number of hydrogen-bond donors (Lipinski definition) is 5. The summed E-state index contributed by atoms with van der Waals surface area (Å²) in [6.07, 6.45) is 6.62. The summed E-state index contributed by atoms with van der Waals surface area (Å²) in [4.78, 5) is 42.7. The molecule has 5 N–H and O–H groups in total. The molecule has 2 aromatic rings. The molecule has 1 amide bonds. The zero-order valence-electron chi connectivity index (χ0n) is 35.2. The number of Topliss-reactive ketones (excluding diaryl/α,β-unsaturated/α-hetero) is 1. The van der Waals surface area contributed by atoms with Crippen LogP contribution in [0.5, 0.6) is 23.0 Å². The molecule has 0 aliphatic carbocycles. The van der Waals surface area contributed by atoms with Gasteiger partial charge in [-0.25, -0.2) is 0 Å². The number of aromatic hydroxyl groups is 3. The standard InChI is InChI=1S/C43H60N4O11/c1-22-12-11-13-23(2)42(54)45-34-29(21-44-47-17-15-46(9)16-18-47)37(51)31-32(38(34)52)36(50)27(6)40-33(31)41(53)43(8,58-40)56-19-14-30(55-10)26(5)39(57-28(7)48)25(4)20-24(3)35(22)49/h11-12,14,19,21-26,30,35,39,49-52H,13,15-18,20H2,1-10H3,(H,45,54)/b12-11+,19-14+,44-21+/t22-,23?,24-,25+,26+,30+,35-,39-,43-/m0/s1. The summed E-state index contributed by atoms with van der Waals surface area (Å²) in [6, 6.07) is 0. The zero-order chi connectivity index (χ0) is 42.8. The maximum Gasteiger partial charge on any atom is 0.312 e. The van der Waals surface area contributed by atoms with Crippen molar-refractivity contribution in [2.75, 3.05) is 45.7 Å². The highest BCUT2D eigenvalue weighted by molar-refractivity contribution is 6.23. The Labute approximate surface area is 340 Å². The minimum atomic E-state index is -1.99. The number of amides is 1. The first-order valence-electron chi connectivity index (χ1n) is 20.0. The molecule has 4 aliphatic heterocycles. The summed E-state index contributed by atoms with van der Waals surface area (Å²) in [5, 5.41) is 55.6. The molecule has 6 rings (SSSR count). The number of carbonyl (C=O) groups excluding carboxylic acids is 3. The third kappa shape index (κ3) is 8.91. The lowest BCUT2D eigenvalue weighted by Gasteiger charge is -2.34. The third-order valence-corrected chi connectivity index (χ3v) is 11.9. The summed E-state index contributed by atoms with van der Waals surface area (Å²) in [5.74, 6) is -7.03. The minimum absolute atomic E-state index is 0.0591. The number of phenolic OH excluding ortho intramolecular Hbond substituents is 3. The molecule has 15 heteroatoms. The summed E-state index contributed by atoms with van der Waals surface area (Å²) in [6.45, 7) is 16.2. The van der Waals surface area contributed by atoms with Gasteiger partial charge in [0.2, 0.25) is 5.91 Å². The molecule has 318 valence electrons. The molecule has 0 radical (unpaired) electrons. The average Bonchev–Trinajstić information content (AvgIpc) is 3.44. The van der Waals surface area contributed by atoms with E-state index in [1.165, 1.54) is 40.4 Å². The molecule has 0 aromatic heterocycles. The number of methoxy groups -OCH3 is 1. The second kappa shape index (κ2) is 18.0. The average molecular weight is 809 g/mol. The number of anilines is 1. The number of hydrogen-bond acceptors (Lipinski definition) is 14. The minimum Gasteiger partial charge on any atom is -0.507 e. The number of phenols is 3. The fourth-order valence-corrected chi connectivity index (χ4v) is 8.18. The van der Waals surface area contributed by atoms with Gasteiger partial charge in [-0.05, 0) is 44.7 Å². The molecule has 1 fully saturated rings. The van der Waals surface area contributed by atoms with Gasteiger partial charge >= 0.3 is 11.8 Å². The van der Waals surface area contributed by atoms with E-state index in [0.29, 0.717) is 19.5 Å². The van der Waals surface area contributed by atoms with Crippen molar-refractivity contribution in [1.29, 1.82) is 0 Å². The van der Waals surface area contributed by atoms with Crippen LogP contribution in [0.4, 0.5) is 5.69 Å². The Bertz CT molecular complexity index is 1970. The van der Waals surface area contributed by atoms with Gasteiger partial charge in [-0.15, -0.1) is 0 Å². The first-order valence-corrected chi connectivity index (χ1v) is 20.0. The van der Waals surface area contributed by atoms with Crippen LogP contribution in [0.2, 0.25) is 0 Å². The molecular formula is C43H60N4O11. The van der Waals surface area contributed by atoms with Crippen LogP contribution in [0.1, 0.15) is 82.8 Å². The lowest BCUT2D eigenvalue weighted by atomic mass is 9.80. The molecule has 58 heavy (non-hydrogen) atoms. The number of nitrogens with zero attached hydrogens (tertiary/aromatic N) is 3. The van der Waals surface area contributed by atoms with Crippen LogP contribution in [0.3, 0.4) is 0 Å². The third-order valence-electron chi connectivity index (χ3n) is 11.9. The number of benzene rings is 2. The lowest BCUT2D eigenvalue weighted by Crippen LogP contribution is -2.41. The summed E-state index contributed by atoms with van der Waals surface area (Å²) < 4.78 is 23.8. The van der Waals surface area contributed by atoms with Crippen molar-refractivity contribution >= 4 is 40.3 Å². The Kier molecular flexibility index (Phi) is 13.7. The SMILES string of the molecule is CO[C@@H]1/C=C/O[C@@]2(C)Oc3c(C)c(O)c4c(O)c(c(/C=N/N5CCN(C)CC5)c(O)c4c3C2=O)NC(=O)C(C)C/C=C/[C@H](C)[C@H](O)[C@@H](C)C[C@@H](C)[C@H](OC(C)=O)[C@@H]1C. The Morgan fingerprint density at radius 3 is 2.31 bits per heavy atom. The van der Waals surface area contributed by atoms with Crippen LogP contribution in [-0.2, 0) is 23.8 Å². The number of rotatable bonds is 4. The summed E-state index contributed by atoms with van der Waals surface area (Å²) in [5.41, 5.74) is -0.324. The molecular weight excluding hydrogens is 748 g/mol.